The van der Waals surface area contributed by atoms with Gasteiger partial charge in [-0.05, 0) is 42.9 Å². The van der Waals surface area contributed by atoms with Gasteiger partial charge in [-0.3, -0.25) is 9.59 Å². The normalized spacial score (nSPS) is 18.3. The van der Waals surface area contributed by atoms with E-state index in [0.717, 1.165) is 50.8 Å². The summed E-state index contributed by atoms with van der Waals surface area (Å²) >= 11 is 4.49. The van der Waals surface area contributed by atoms with Crippen molar-refractivity contribution < 1.29 is 14.7 Å². The number of carboxylic acids is 1. The molecule has 1 aromatic carbocycles. The third-order valence-electron chi connectivity index (χ3n) is 5.09. The fourth-order valence-corrected chi connectivity index (χ4v) is 3.80. The smallest absolute Gasteiger partial charge is 0.303 e. The lowest BCUT2D eigenvalue weighted by Gasteiger charge is -2.23. The molecule has 1 heterocycles. The van der Waals surface area contributed by atoms with Crippen LogP contribution in [0.25, 0.3) is 0 Å². The third kappa shape index (κ3) is 7.79. The molecular weight excluding hydrogens is 358 g/mol. The molecule has 0 aliphatic carbocycles. The van der Waals surface area contributed by atoms with Crippen molar-refractivity contribution in [3.05, 3.63) is 48.0 Å². The van der Waals surface area contributed by atoms with E-state index in [0.29, 0.717) is 12.3 Å². The molecule has 1 aromatic rings. The topological polar surface area (TPSA) is 57.6 Å². The minimum Gasteiger partial charge on any atom is -0.481 e. The van der Waals surface area contributed by atoms with E-state index < -0.39 is 5.97 Å². The molecule has 27 heavy (non-hydrogen) atoms. The first kappa shape index (κ1) is 21.5. The van der Waals surface area contributed by atoms with E-state index in [9.17, 15) is 9.59 Å². The number of unbranched alkanes of at least 4 members (excludes halogenated alkanes) is 3. The first-order valence-corrected chi connectivity index (χ1v) is 10.6. The van der Waals surface area contributed by atoms with E-state index in [2.05, 4.69) is 49.0 Å². The highest BCUT2D eigenvalue weighted by Crippen LogP contribution is 2.22. The second-order valence-electron chi connectivity index (χ2n) is 7.27. The highest BCUT2D eigenvalue weighted by atomic mass is 32.1. The number of rotatable bonds is 12. The number of benzene rings is 1. The van der Waals surface area contributed by atoms with E-state index in [1.165, 1.54) is 5.56 Å². The summed E-state index contributed by atoms with van der Waals surface area (Å²) in [5, 5.41) is 8.66. The first-order chi connectivity index (χ1) is 13.1. The van der Waals surface area contributed by atoms with Gasteiger partial charge in [0.2, 0.25) is 5.91 Å². The van der Waals surface area contributed by atoms with Gasteiger partial charge in [-0.25, -0.2) is 0 Å². The van der Waals surface area contributed by atoms with Crippen LogP contribution >= 0.6 is 12.6 Å². The first-order valence-electron chi connectivity index (χ1n) is 9.94. The summed E-state index contributed by atoms with van der Waals surface area (Å²) in [6.07, 6.45) is 10.7. The van der Waals surface area contributed by atoms with Crippen molar-refractivity contribution in [2.75, 3.05) is 12.3 Å². The second-order valence-corrected chi connectivity index (χ2v) is 7.63. The number of allylic oxidation sites excluding steroid dienone is 1. The van der Waals surface area contributed by atoms with Crippen molar-refractivity contribution in [3.8, 4) is 0 Å². The van der Waals surface area contributed by atoms with Crippen LogP contribution < -0.4 is 0 Å². The molecule has 1 unspecified atom stereocenters. The Morgan fingerprint density at radius 1 is 1.22 bits per heavy atom. The van der Waals surface area contributed by atoms with Gasteiger partial charge in [0, 0.05) is 19.4 Å². The Morgan fingerprint density at radius 3 is 2.67 bits per heavy atom. The van der Waals surface area contributed by atoms with Gasteiger partial charge in [-0.1, -0.05) is 55.3 Å². The van der Waals surface area contributed by atoms with Crippen LogP contribution in [0.3, 0.4) is 0 Å². The minimum atomic E-state index is -0.732. The Labute approximate surface area is 168 Å². The molecule has 0 bridgehead atoms. The number of hydrogen-bond donors (Lipinski definition) is 2. The van der Waals surface area contributed by atoms with Crippen molar-refractivity contribution >= 4 is 24.5 Å². The average Bonchev–Trinajstić information content (AvgIpc) is 3.02. The summed E-state index contributed by atoms with van der Waals surface area (Å²) in [4.78, 5) is 24.7. The van der Waals surface area contributed by atoms with Gasteiger partial charge in [0.1, 0.15) is 0 Å². The quantitative estimate of drug-likeness (QED) is 0.317. The molecule has 0 aromatic heterocycles. The van der Waals surface area contributed by atoms with Crippen LogP contribution in [0.15, 0.2) is 42.5 Å². The molecule has 1 fully saturated rings. The Morgan fingerprint density at radius 2 is 1.96 bits per heavy atom. The summed E-state index contributed by atoms with van der Waals surface area (Å²) < 4.78 is 0. The monoisotopic (exact) mass is 389 g/mol. The van der Waals surface area contributed by atoms with E-state index in [1.807, 2.05) is 11.0 Å². The van der Waals surface area contributed by atoms with E-state index >= 15 is 0 Å². The predicted molar refractivity (Wildman–Crippen MR) is 112 cm³/mol. The zero-order chi connectivity index (χ0) is 19.5. The Kier molecular flexibility index (Phi) is 9.46. The molecule has 0 saturated carbocycles. The van der Waals surface area contributed by atoms with Crippen LogP contribution in [0.1, 0.15) is 50.5 Å². The highest BCUT2D eigenvalue weighted by Gasteiger charge is 2.28. The molecule has 0 radical (unpaired) electrons. The number of carboxylic acid groups (broad SMARTS) is 1. The van der Waals surface area contributed by atoms with Gasteiger partial charge in [-0.2, -0.15) is 12.6 Å². The lowest BCUT2D eigenvalue weighted by atomic mass is 9.99. The van der Waals surface area contributed by atoms with Gasteiger partial charge >= 0.3 is 5.97 Å². The summed E-state index contributed by atoms with van der Waals surface area (Å²) in [5.41, 5.74) is 1.31. The zero-order valence-corrected chi connectivity index (χ0v) is 16.8. The molecule has 1 aliphatic rings. The van der Waals surface area contributed by atoms with Gasteiger partial charge in [-0.15, -0.1) is 0 Å². The van der Waals surface area contributed by atoms with Gasteiger partial charge in [0.05, 0.1) is 6.04 Å². The molecule has 4 nitrogen and oxygen atoms in total. The van der Waals surface area contributed by atoms with E-state index in [-0.39, 0.29) is 18.4 Å². The maximum atomic E-state index is 12.2. The summed E-state index contributed by atoms with van der Waals surface area (Å²) in [5.74, 6) is 0.657. The number of thiol groups is 1. The second kappa shape index (κ2) is 11.9. The fourth-order valence-electron chi connectivity index (χ4n) is 3.55. The van der Waals surface area contributed by atoms with Crippen LogP contribution in [0.5, 0.6) is 0 Å². The third-order valence-corrected chi connectivity index (χ3v) is 5.56. The molecule has 0 spiro atoms. The number of aliphatic carboxylic acids is 1. The lowest BCUT2D eigenvalue weighted by Crippen LogP contribution is -2.32. The Hall–Kier alpha value is -1.75. The summed E-state index contributed by atoms with van der Waals surface area (Å²) in [6.45, 7) is 0.769. The van der Waals surface area contributed by atoms with Crippen molar-refractivity contribution in [2.24, 2.45) is 5.92 Å². The maximum absolute atomic E-state index is 12.2. The number of likely N-dealkylation sites (tertiary alicyclic amines) is 1. The van der Waals surface area contributed by atoms with Crippen LogP contribution in [0, 0.1) is 5.92 Å². The number of hydrogen-bond acceptors (Lipinski definition) is 3. The summed E-state index contributed by atoms with van der Waals surface area (Å²) in [6, 6.07) is 10.6. The SMILES string of the molecule is O=C(O)CCCCCCN1C(=O)CC[C@@H]1/C=C/C(CS)Cc1ccccc1. The number of carbonyl (C=O) groups is 2. The predicted octanol–water partition coefficient (Wildman–Crippen LogP) is 4.36. The molecule has 5 heteroatoms. The van der Waals surface area contributed by atoms with Crippen molar-refractivity contribution in [2.45, 2.75) is 57.4 Å². The highest BCUT2D eigenvalue weighted by molar-refractivity contribution is 7.80. The van der Waals surface area contributed by atoms with Gasteiger partial charge in [0.25, 0.3) is 0 Å². The Bertz CT molecular complexity index is 617. The molecule has 1 N–H and O–H groups in total. The largest absolute Gasteiger partial charge is 0.481 e. The average molecular weight is 390 g/mol. The molecule has 1 saturated heterocycles. The standard InChI is InChI=1S/C22H31NO3S/c24-21-14-13-20(23(21)15-7-2-1-6-10-22(25)26)12-11-19(17-27)16-18-8-4-3-5-9-18/h3-5,8-9,11-12,19-20,27H,1-2,6-7,10,13-17H2,(H,25,26)/b12-11+/t19?,20-/m0/s1. The number of amides is 1. The Balaban J connectivity index is 1.79. The minimum absolute atomic E-state index is 0.190. The van der Waals surface area contributed by atoms with Crippen LogP contribution in [0.4, 0.5) is 0 Å². The van der Waals surface area contributed by atoms with Crippen molar-refractivity contribution in [1.29, 1.82) is 0 Å². The molecule has 1 aliphatic heterocycles. The summed E-state index contributed by atoms with van der Waals surface area (Å²) in [7, 11) is 0. The number of nitrogens with zero attached hydrogens (tertiary/aromatic N) is 1. The molecule has 148 valence electrons. The fraction of sp³-hybridized carbons (Fsp3) is 0.545. The lowest BCUT2D eigenvalue weighted by molar-refractivity contribution is -0.137. The molecule has 2 rings (SSSR count). The van der Waals surface area contributed by atoms with Gasteiger partial charge < -0.3 is 10.0 Å². The van der Waals surface area contributed by atoms with Crippen LogP contribution in [-0.4, -0.2) is 40.2 Å². The van der Waals surface area contributed by atoms with Crippen molar-refractivity contribution in [1.82, 2.24) is 4.90 Å². The number of carbonyl (C=O) groups excluding carboxylic acids is 1. The van der Waals surface area contributed by atoms with E-state index in [4.69, 9.17) is 5.11 Å². The van der Waals surface area contributed by atoms with E-state index in [1.54, 1.807) is 0 Å². The van der Waals surface area contributed by atoms with Crippen LogP contribution in [0.2, 0.25) is 0 Å². The van der Waals surface area contributed by atoms with Gasteiger partial charge in [0.15, 0.2) is 0 Å². The maximum Gasteiger partial charge on any atom is 0.303 e. The molecule has 2 atom stereocenters. The molecular formula is C22H31NO3S. The molecule has 1 amide bonds. The van der Waals surface area contributed by atoms with Crippen LogP contribution in [-0.2, 0) is 16.0 Å². The van der Waals surface area contributed by atoms with Crippen molar-refractivity contribution in [3.63, 3.8) is 0 Å². The zero-order valence-electron chi connectivity index (χ0n) is 15.9.